The maximum atomic E-state index is 10.4. The Morgan fingerprint density at radius 2 is 1.86 bits per heavy atom. The summed E-state index contributed by atoms with van der Waals surface area (Å²) in [5.41, 5.74) is 1.06. The molecule has 4 nitrogen and oxygen atoms in total. The molecule has 74 valence electrons. The quantitative estimate of drug-likeness (QED) is 0.457. The molecular formula is C9H10N2O2Se. The van der Waals surface area contributed by atoms with E-state index in [0.29, 0.717) is 0 Å². The van der Waals surface area contributed by atoms with Crippen LogP contribution in [-0.2, 0) is 0 Å². The van der Waals surface area contributed by atoms with Gasteiger partial charge in [0.15, 0.2) is 0 Å². The van der Waals surface area contributed by atoms with E-state index in [-0.39, 0.29) is 5.69 Å². The van der Waals surface area contributed by atoms with Gasteiger partial charge in [0.05, 0.1) is 0 Å². The molecule has 0 atom stereocenters. The second-order valence-corrected chi connectivity index (χ2v) is 3.81. The van der Waals surface area contributed by atoms with Crippen molar-refractivity contribution in [3.63, 3.8) is 0 Å². The number of benzene rings is 1. The van der Waals surface area contributed by atoms with Crippen molar-refractivity contribution in [2.24, 2.45) is 0 Å². The van der Waals surface area contributed by atoms with Crippen molar-refractivity contribution in [1.29, 1.82) is 0 Å². The van der Waals surface area contributed by atoms with Crippen molar-refractivity contribution in [2.75, 3.05) is 14.1 Å². The van der Waals surface area contributed by atoms with E-state index < -0.39 is 4.92 Å². The molecule has 0 N–H and O–H groups in total. The third-order valence-electron chi connectivity index (χ3n) is 1.73. The maximum absolute atomic E-state index is 10.4. The van der Waals surface area contributed by atoms with Gasteiger partial charge in [-0.15, -0.1) is 0 Å². The van der Waals surface area contributed by atoms with Gasteiger partial charge in [0, 0.05) is 0 Å². The van der Waals surface area contributed by atoms with Gasteiger partial charge in [0.25, 0.3) is 0 Å². The van der Waals surface area contributed by atoms with Crippen molar-refractivity contribution in [1.82, 2.24) is 4.90 Å². The minimum atomic E-state index is -0.404. The summed E-state index contributed by atoms with van der Waals surface area (Å²) in [7, 11) is 3.82. The zero-order valence-electron chi connectivity index (χ0n) is 7.93. The molecule has 0 saturated heterocycles. The van der Waals surface area contributed by atoms with Gasteiger partial charge in [0.1, 0.15) is 0 Å². The second-order valence-electron chi connectivity index (χ2n) is 3.00. The van der Waals surface area contributed by atoms with Crippen LogP contribution in [0.5, 0.6) is 0 Å². The molecule has 1 aromatic rings. The SMILES string of the molecule is CN(C)C(=[Se])c1ccc([N+](=O)[O-])cc1. The van der Waals surface area contributed by atoms with Crippen LogP contribution in [0.4, 0.5) is 5.69 Å². The van der Waals surface area contributed by atoms with Crippen LogP contribution in [0.25, 0.3) is 0 Å². The molecule has 0 radical (unpaired) electrons. The fourth-order valence-electron chi connectivity index (χ4n) is 0.984. The third-order valence-corrected chi connectivity index (χ3v) is 2.99. The Bertz CT molecular complexity index is 360. The number of nitro groups is 1. The van der Waals surface area contributed by atoms with Crippen LogP contribution in [0.2, 0.25) is 0 Å². The fourth-order valence-corrected chi connectivity index (χ4v) is 1.27. The summed E-state index contributed by atoms with van der Waals surface area (Å²) in [5, 5.41) is 10.4. The van der Waals surface area contributed by atoms with Crippen LogP contribution >= 0.6 is 0 Å². The number of non-ortho nitro benzene ring substituents is 1. The molecule has 1 rings (SSSR count). The zero-order chi connectivity index (χ0) is 10.7. The first-order valence-corrected chi connectivity index (χ1v) is 4.84. The third kappa shape index (κ3) is 2.40. The van der Waals surface area contributed by atoms with Gasteiger partial charge in [0.2, 0.25) is 0 Å². The van der Waals surface area contributed by atoms with Crippen molar-refractivity contribution in [2.45, 2.75) is 0 Å². The predicted octanol–water partition coefficient (Wildman–Crippen LogP) is 0.803. The van der Waals surface area contributed by atoms with Gasteiger partial charge in [-0.3, -0.25) is 0 Å². The van der Waals surface area contributed by atoms with E-state index in [0.717, 1.165) is 10.1 Å². The van der Waals surface area contributed by atoms with Crippen LogP contribution in [0.15, 0.2) is 24.3 Å². The van der Waals surface area contributed by atoms with E-state index in [4.69, 9.17) is 0 Å². The molecule has 0 aliphatic heterocycles. The molecule has 0 saturated carbocycles. The topological polar surface area (TPSA) is 46.4 Å². The summed E-state index contributed by atoms with van der Waals surface area (Å²) in [5.74, 6) is 0. The van der Waals surface area contributed by atoms with Gasteiger partial charge >= 0.3 is 89.7 Å². The number of nitro benzene ring substituents is 1. The summed E-state index contributed by atoms with van der Waals surface area (Å²) in [6.07, 6.45) is 0. The number of nitrogens with zero attached hydrogens (tertiary/aromatic N) is 2. The molecule has 0 aliphatic carbocycles. The molecule has 0 bridgehead atoms. The summed E-state index contributed by atoms with van der Waals surface area (Å²) in [4.78, 5) is 11.9. The summed E-state index contributed by atoms with van der Waals surface area (Å²) in [6.45, 7) is 0. The zero-order valence-corrected chi connectivity index (χ0v) is 9.64. The van der Waals surface area contributed by atoms with Crippen LogP contribution in [0, 0.1) is 10.1 Å². The van der Waals surface area contributed by atoms with Crippen LogP contribution in [0.3, 0.4) is 0 Å². The Labute approximate surface area is 90.0 Å². The Hall–Kier alpha value is -1.19. The Morgan fingerprint density at radius 3 is 2.21 bits per heavy atom. The van der Waals surface area contributed by atoms with Crippen molar-refractivity contribution >= 4 is 25.8 Å². The second kappa shape index (κ2) is 4.35. The monoisotopic (exact) mass is 258 g/mol. The molecule has 0 fully saturated rings. The van der Waals surface area contributed by atoms with E-state index in [2.05, 4.69) is 15.6 Å². The van der Waals surface area contributed by atoms with Crippen molar-refractivity contribution < 1.29 is 4.92 Å². The molecule has 0 spiro atoms. The van der Waals surface area contributed by atoms with Gasteiger partial charge in [-0.05, 0) is 0 Å². The summed E-state index contributed by atoms with van der Waals surface area (Å²) < 4.78 is 0.958. The van der Waals surface area contributed by atoms with E-state index in [9.17, 15) is 10.1 Å². The van der Waals surface area contributed by atoms with Gasteiger partial charge < -0.3 is 0 Å². The van der Waals surface area contributed by atoms with Crippen LogP contribution in [-0.4, -0.2) is 44.0 Å². The molecule has 1 aromatic carbocycles. The van der Waals surface area contributed by atoms with E-state index in [1.165, 1.54) is 12.1 Å². The Morgan fingerprint density at radius 1 is 1.36 bits per heavy atom. The standard InChI is InChI=1S/C9H10N2O2Se/c1-10(2)9(14)7-3-5-8(6-4-7)11(12)13/h3-6H,1-2H3. The van der Waals surface area contributed by atoms with Crippen molar-refractivity contribution in [3.8, 4) is 0 Å². The first-order chi connectivity index (χ1) is 6.52. The molecule has 0 aliphatic rings. The van der Waals surface area contributed by atoms with Gasteiger partial charge in [-0.25, -0.2) is 0 Å². The van der Waals surface area contributed by atoms with E-state index in [1.54, 1.807) is 12.1 Å². The molecule has 0 heterocycles. The molecular weight excluding hydrogens is 247 g/mol. The van der Waals surface area contributed by atoms with Crippen LogP contribution in [0.1, 0.15) is 5.56 Å². The van der Waals surface area contributed by atoms with E-state index >= 15 is 0 Å². The average Bonchev–Trinajstić information content (AvgIpc) is 2.16. The average molecular weight is 257 g/mol. The van der Waals surface area contributed by atoms with Crippen molar-refractivity contribution in [3.05, 3.63) is 39.9 Å². The Kier molecular flexibility index (Phi) is 3.38. The number of hydrogen-bond donors (Lipinski definition) is 0. The first-order valence-electron chi connectivity index (χ1n) is 3.98. The molecule has 0 amide bonds. The van der Waals surface area contributed by atoms with Crippen LogP contribution < -0.4 is 0 Å². The molecule has 5 heteroatoms. The molecule has 0 unspecified atom stereocenters. The Balaban J connectivity index is 2.94. The fraction of sp³-hybridized carbons (Fsp3) is 0.222. The molecule has 14 heavy (non-hydrogen) atoms. The first kappa shape index (κ1) is 10.9. The normalized spacial score (nSPS) is 9.57. The summed E-state index contributed by atoms with van der Waals surface area (Å²) >= 11 is 2.91. The number of hydrogen-bond acceptors (Lipinski definition) is 3. The van der Waals surface area contributed by atoms with Gasteiger partial charge in [-0.2, -0.15) is 0 Å². The molecule has 0 aromatic heterocycles. The minimum absolute atomic E-state index is 0.111. The number of rotatable bonds is 3. The predicted molar refractivity (Wildman–Crippen MR) is 56.6 cm³/mol. The summed E-state index contributed by atoms with van der Waals surface area (Å²) in [6, 6.07) is 6.44. The van der Waals surface area contributed by atoms with Gasteiger partial charge in [-0.1, -0.05) is 0 Å². The van der Waals surface area contributed by atoms with E-state index in [1.807, 2.05) is 19.0 Å².